The quantitative estimate of drug-likeness (QED) is 0.816. The third kappa shape index (κ3) is 2.39. The van der Waals surface area contributed by atoms with E-state index in [4.69, 9.17) is 5.73 Å². The van der Waals surface area contributed by atoms with Crippen LogP contribution in [0.4, 0.5) is 0 Å². The molecule has 3 rings (SSSR count). The number of fused-ring (bicyclic) bond motifs is 2. The second kappa shape index (κ2) is 4.89. The maximum atomic E-state index is 6.17. The zero-order chi connectivity index (χ0) is 11.8. The molecule has 5 unspecified atom stereocenters. The second-order valence-corrected chi connectivity index (χ2v) is 6.85. The van der Waals surface area contributed by atoms with Crippen LogP contribution < -0.4 is 5.73 Å². The fourth-order valence-corrected chi connectivity index (χ4v) is 4.74. The molecule has 98 valence electrons. The third-order valence-electron chi connectivity index (χ3n) is 5.62. The Hall–Kier alpha value is -0.0800. The van der Waals surface area contributed by atoms with Crippen molar-refractivity contribution in [1.82, 2.24) is 4.90 Å². The SMILES string of the molecule is CC(N)C1CCCCN1CC1CC2CCC1C2. The van der Waals surface area contributed by atoms with E-state index in [1.807, 2.05) is 0 Å². The fourth-order valence-electron chi connectivity index (χ4n) is 4.74. The van der Waals surface area contributed by atoms with Gasteiger partial charge in [0.2, 0.25) is 0 Å². The predicted molar refractivity (Wildman–Crippen MR) is 71.8 cm³/mol. The number of nitrogens with two attached hydrogens (primary N) is 1. The lowest BCUT2D eigenvalue weighted by molar-refractivity contribution is 0.0950. The van der Waals surface area contributed by atoms with Crippen molar-refractivity contribution < 1.29 is 0 Å². The van der Waals surface area contributed by atoms with Crippen LogP contribution in [0.2, 0.25) is 0 Å². The van der Waals surface area contributed by atoms with Gasteiger partial charge in [0.05, 0.1) is 0 Å². The summed E-state index contributed by atoms with van der Waals surface area (Å²) in [5.74, 6) is 3.16. The van der Waals surface area contributed by atoms with Crippen molar-refractivity contribution in [1.29, 1.82) is 0 Å². The zero-order valence-electron chi connectivity index (χ0n) is 11.3. The number of hydrogen-bond acceptors (Lipinski definition) is 2. The van der Waals surface area contributed by atoms with Gasteiger partial charge in [0.15, 0.2) is 0 Å². The van der Waals surface area contributed by atoms with Gasteiger partial charge in [-0.2, -0.15) is 0 Å². The van der Waals surface area contributed by atoms with Crippen LogP contribution in [0.1, 0.15) is 51.9 Å². The molecule has 2 heteroatoms. The van der Waals surface area contributed by atoms with Gasteiger partial charge < -0.3 is 5.73 Å². The molecule has 0 aromatic carbocycles. The molecular formula is C15H28N2. The van der Waals surface area contributed by atoms with E-state index in [0.717, 1.165) is 17.8 Å². The predicted octanol–water partition coefficient (Wildman–Crippen LogP) is 2.62. The van der Waals surface area contributed by atoms with Gasteiger partial charge in [-0.25, -0.2) is 0 Å². The Balaban J connectivity index is 1.59. The zero-order valence-corrected chi connectivity index (χ0v) is 11.3. The minimum Gasteiger partial charge on any atom is -0.327 e. The van der Waals surface area contributed by atoms with Gasteiger partial charge in [0.25, 0.3) is 0 Å². The van der Waals surface area contributed by atoms with Crippen LogP contribution in [0, 0.1) is 17.8 Å². The standard InChI is InChI=1S/C15H28N2/c1-11(16)15-4-2-3-7-17(15)10-14-9-12-5-6-13(14)8-12/h11-15H,2-10,16H2,1H3. The Kier molecular flexibility index (Phi) is 3.45. The summed E-state index contributed by atoms with van der Waals surface area (Å²) >= 11 is 0. The van der Waals surface area contributed by atoms with E-state index in [1.165, 1.54) is 51.6 Å². The Morgan fingerprint density at radius 3 is 2.71 bits per heavy atom. The van der Waals surface area contributed by atoms with Crippen molar-refractivity contribution in [2.75, 3.05) is 13.1 Å². The summed E-state index contributed by atoms with van der Waals surface area (Å²) in [6.45, 7) is 4.86. The molecule has 3 fully saturated rings. The van der Waals surface area contributed by atoms with Crippen LogP contribution >= 0.6 is 0 Å². The van der Waals surface area contributed by atoms with Gasteiger partial charge in [-0.15, -0.1) is 0 Å². The lowest BCUT2D eigenvalue weighted by Crippen LogP contribution is -2.51. The average Bonchev–Trinajstić information content (AvgIpc) is 2.91. The van der Waals surface area contributed by atoms with Crippen molar-refractivity contribution in [2.24, 2.45) is 23.5 Å². The topological polar surface area (TPSA) is 29.3 Å². The number of hydrogen-bond donors (Lipinski definition) is 1. The molecule has 1 aliphatic heterocycles. The second-order valence-electron chi connectivity index (χ2n) is 6.85. The first-order valence-electron chi connectivity index (χ1n) is 7.73. The molecule has 1 heterocycles. The molecule has 17 heavy (non-hydrogen) atoms. The van der Waals surface area contributed by atoms with Crippen LogP contribution in [0.25, 0.3) is 0 Å². The van der Waals surface area contributed by atoms with Crippen LogP contribution in [-0.2, 0) is 0 Å². The molecule has 2 saturated carbocycles. The third-order valence-corrected chi connectivity index (χ3v) is 5.62. The summed E-state index contributed by atoms with van der Waals surface area (Å²) in [4.78, 5) is 2.74. The van der Waals surface area contributed by atoms with E-state index in [2.05, 4.69) is 11.8 Å². The highest BCUT2D eigenvalue weighted by Crippen LogP contribution is 2.48. The number of nitrogens with zero attached hydrogens (tertiary/aromatic N) is 1. The Bertz CT molecular complexity index is 264. The molecule has 2 N–H and O–H groups in total. The first kappa shape index (κ1) is 12.0. The molecule has 0 spiro atoms. The molecule has 5 atom stereocenters. The number of likely N-dealkylation sites (tertiary alicyclic amines) is 1. The first-order chi connectivity index (χ1) is 8.24. The Morgan fingerprint density at radius 1 is 1.18 bits per heavy atom. The molecule has 2 bridgehead atoms. The van der Waals surface area contributed by atoms with E-state index in [9.17, 15) is 0 Å². The molecule has 0 aromatic rings. The van der Waals surface area contributed by atoms with Crippen molar-refractivity contribution >= 4 is 0 Å². The van der Waals surface area contributed by atoms with E-state index >= 15 is 0 Å². The smallest absolute Gasteiger partial charge is 0.0244 e. The maximum absolute atomic E-state index is 6.17. The van der Waals surface area contributed by atoms with Gasteiger partial charge in [-0.3, -0.25) is 4.90 Å². The van der Waals surface area contributed by atoms with Crippen LogP contribution in [0.15, 0.2) is 0 Å². The summed E-state index contributed by atoms with van der Waals surface area (Å²) in [6.07, 6.45) is 10.2. The molecule has 0 radical (unpaired) electrons. The molecule has 2 aliphatic carbocycles. The monoisotopic (exact) mass is 236 g/mol. The summed E-state index contributed by atoms with van der Waals surface area (Å²) in [6, 6.07) is 1.02. The molecule has 3 aliphatic rings. The fraction of sp³-hybridized carbons (Fsp3) is 1.00. The van der Waals surface area contributed by atoms with E-state index in [1.54, 1.807) is 6.42 Å². The van der Waals surface area contributed by atoms with Gasteiger partial charge >= 0.3 is 0 Å². The number of rotatable bonds is 3. The summed E-state index contributed by atoms with van der Waals surface area (Å²) in [7, 11) is 0. The molecule has 0 amide bonds. The highest BCUT2D eigenvalue weighted by atomic mass is 15.2. The Morgan fingerprint density at radius 2 is 2.06 bits per heavy atom. The minimum absolute atomic E-state index is 0.355. The van der Waals surface area contributed by atoms with E-state index in [0.29, 0.717) is 12.1 Å². The summed E-state index contributed by atoms with van der Waals surface area (Å²) in [5.41, 5.74) is 6.17. The highest BCUT2D eigenvalue weighted by molar-refractivity contribution is 4.93. The maximum Gasteiger partial charge on any atom is 0.0244 e. The lowest BCUT2D eigenvalue weighted by Gasteiger charge is -2.40. The van der Waals surface area contributed by atoms with Gasteiger partial charge in [-0.05, 0) is 63.3 Å². The normalized spacial score (nSPS) is 44.1. The molecule has 2 nitrogen and oxygen atoms in total. The highest BCUT2D eigenvalue weighted by Gasteiger charge is 2.41. The van der Waals surface area contributed by atoms with Crippen LogP contribution in [0.5, 0.6) is 0 Å². The van der Waals surface area contributed by atoms with Crippen molar-refractivity contribution in [3.05, 3.63) is 0 Å². The summed E-state index contributed by atoms with van der Waals surface area (Å²) < 4.78 is 0. The van der Waals surface area contributed by atoms with Crippen molar-refractivity contribution in [3.63, 3.8) is 0 Å². The van der Waals surface area contributed by atoms with E-state index < -0.39 is 0 Å². The molecule has 0 aromatic heterocycles. The van der Waals surface area contributed by atoms with Crippen LogP contribution in [0.3, 0.4) is 0 Å². The minimum atomic E-state index is 0.355. The average molecular weight is 236 g/mol. The van der Waals surface area contributed by atoms with Gasteiger partial charge in [0, 0.05) is 18.6 Å². The van der Waals surface area contributed by atoms with Crippen molar-refractivity contribution in [2.45, 2.75) is 64.0 Å². The lowest BCUT2D eigenvalue weighted by atomic mass is 9.86. The number of piperidine rings is 1. The Labute approximate surface area is 106 Å². The van der Waals surface area contributed by atoms with Crippen molar-refractivity contribution in [3.8, 4) is 0 Å². The van der Waals surface area contributed by atoms with Crippen LogP contribution in [-0.4, -0.2) is 30.1 Å². The van der Waals surface area contributed by atoms with Gasteiger partial charge in [-0.1, -0.05) is 12.8 Å². The van der Waals surface area contributed by atoms with Gasteiger partial charge in [0.1, 0.15) is 0 Å². The molecule has 1 saturated heterocycles. The van der Waals surface area contributed by atoms with E-state index in [-0.39, 0.29) is 0 Å². The largest absolute Gasteiger partial charge is 0.327 e. The molecular weight excluding hydrogens is 208 g/mol. The summed E-state index contributed by atoms with van der Waals surface area (Å²) in [5, 5.41) is 0. The first-order valence-corrected chi connectivity index (χ1v) is 7.73.